The van der Waals surface area contributed by atoms with Crippen molar-refractivity contribution in [3.63, 3.8) is 0 Å². The summed E-state index contributed by atoms with van der Waals surface area (Å²) in [6, 6.07) is 12.4. The van der Waals surface area contributed by atoms with Crippen molar-refractivity contribution in [1.29, 1.82) is 0 Å². The standard InChI is InChI=1S/C24H30N2O4/c1-29-21-7-6-17(19-4-2-3-5-20(19)21)16-24(13-9-23(28)26-24)12-8-22(27)25-18-10-14-30-15-11-18/h2-7,18H,8-16H2,1H3,(H,25,27)(H,26,28). The second-order valence-electron chi connectivity index (χ2n) is 8.43. The predicted octanol–water partition coefficient (Wildman–Crippen LogP) is 3.12. The fourth-order valence-electron chi connectivity index (χ4n) is 4.71. The van der Waals surface area contributed by atoms with Crippen molar-refractivity contribution in [2.45, 2.75) is 56.5 Å². The van der Waals surface area contributed by atoms with Crippen molar-refractivity contribution in [2.75, 3.05) is 20.3 Å². The molecule has 2 aliphatic rings. The highest BCUT2D eigenvalue weighted by Gasteiger charge is 2.38. The Labute approximate surface area is 177 Å². The molecule has 6 nitrogen and oxygen atoms in total. The van der Waals surface area contributed by atoms with Gasteiger partial charge in [0.05, 0.1) is 7.11 Å². The summed E-state index contributed by atoms with van der Waals surface area (Å²) in [5.41, 5.74) is 0.778. The number of fused-ring (bicyclic) bond motifs is 1. The van der Waals surface area contributed by atoms with Gasteiger partial charge in [0.1, 0.15) is 5.75 Å². The Morgan fingerprint density at radius 2 is 1.97 bits per heavy atom. The Bertz CT molecular complexity index is 923. The van der Waals surface area contributed by atoms with E-state index in [0.717, 1.165) is 35.8 Å². The van der Waals surface area contributed by atoms with Gasteiger partial charge in [-0.25, -0.2) is 0 Å². The molecule has 0 bridgehead atoms. The number of methoxy groups -OCH3 is 1. The summed E-state index contributed by atoms with van der Waals surface area (Å²) in [5, 5.41) is 8.52. The Morgan fingerprint density at radius 1 is 1.20 bits per heavy atom. The Hall–Kier alpha value is -2.60. The van der Waals surface area contributed by atoms with Gasteiger partial charge in [0.15, 0.2) is 0 Å². The van der Waals surface area contributed by atoms with Gasteiger partial charge in [0, 0.05) is 43.0 Å². The van der Waals surface area contributed by atoms with Gasteiger partial charge in [-0.2, -0.15) is 0 Å². The molecule has 30 heavy (non-hydrogen) atoms. The van der Waals surface area contributed by atoms with E-state index >= 15 is 0 Å². The molecule has 160 valence electrons. The molecule has 4 rings (SSSR count). The van der Waals surface area contributed by atoms with E-state index in [2.05, 4.69) is 28.8 Å². The summed E-state index contributed by atoms with van der Waals surface area (Å²) >= 11 is 0. The van der Waals surface area contributed by atoms with Crippen LogP contribution < -0.4 is 15.4 Å². The predicted molar refractivity (Wildman–Crippen MR) is 116 cm³/mol. The van der Waals surface area contributed by atoms with Gasteiger partial charge in [-0.3, -0.25) is 9.59 Å². The molecule has 0 spiro atoms. The zero-order valence-electron chi connectivity index (χ0n) is 17.5. The number of benzene rings is 2. The Morgan fingerprint density at radius 3 is 2.67 bits per heavy atom. The molecule has 2 aromatic carbocycles. The number of hydrogen-bond donors (Lipinski definition) is 2. The van der Waals surface area contributed by atoms with Gasteiger partial charge in [-0.1, -0.05) is 30.3 Å². The third kappa shape index (κ3) is 4.59. The summed E-state index contributed by atoms with van der Waals surface area (Å²) in [6.45, 7) is 1.41. The molecule has 0 aromatic heterocycles. The van der Waals surface area contributed by atoms with E-state index < -0.39 is 0 Å². The number of ether oxygens (including phenoxy) is 2. The number of rotatable bonds is 7. The largest absolute Gasteiger partial charge is 0.496 e. The second kappa shape index (κ2) is 9.04. The molecule has 1 unspecified atom stereocenters. The van der Waals surface area contributed by atoms with Crippen molar-refractivity contribution in [3.8, 4) is 5.75 Å². The van der Waals surface area contributed by atoms with Crippen molar-refractivity contribution < 1.29 is 19.1 Å². The van der Waals surface area contributed by atoms with E-state index in [-0.39, 0.29) is 23.4 Å². The van der Waals surface area contributed by atoms with Crippen LogP contribution in [0, 0.1) is 0 Å². The monoisotopic (exact) mass is 410 g/mol. The van der Waals surface area contributed by atoms with Crippen LogP contribution >= 0.6 is 0 Å². The maximum absolute atomic E-state index is 12.6. The summed E-state index contributed by atoms with van der Waals surface area (Å²) in [7, 11) is 1.68. The zero-order valence-corrected chi connectivity index (χ0v) is 17.5. The van der Waals surface area contributed by atoms with Crippen LogP contribution in [-0.4, -0.2) is 43.7 Å². The summed E-state index contributed by atoms with van der Waals surface area (Å²) in [4.78, 5) is 24.7. The molecule has 0 saturated carbocycles. The molecule has 6 heteroatoms. The molecule has 2 fully saturated rings. The van der Waals surface area contributed by atoms with Gasteiger partial charge in [0.25, 0.3) is 0 Å². The number of carbonyl (C=O) groups is 2. The van der Waals surface area contributed by atoms with Crippen molar-refractivity contribution >= 4 is 22.6 Å². The molecule has 2 amide bonds. The second-order valence-corrected chi connectivity index (χ2v) is 8.43. The maximum Gasteiger partial charge on any atom is 0.220 e. The van der Waals surface area contributed by atoms with Crippen LogP contribution in [0.2, 0.25) is 0 Å². The number of hydrogen-bond acceptors (Lipinski definition) is 4. The summed E-state index contributed by atoms with van der Waals surface area (Å²) in [5.74, 6) is 0.967. The zero-order chi connectivity index (χ0) is 21.0. The Balaban J connectivity index is 1.50. The SMILES string of the molecule is COc1ccc(CC2(CCC(=O)NC3CCOCC3)CCC(=O)N2)c2ccccc12. The van der Waals surface area contributed by atoms with Crippen LogP contribution in [0.25, 0.3) is 10.8 Å². The summed E-state index contributed by atoms with van der Waals surface area (Å²) < 4.78 is 10.9. The fourth-order valence-corrected chi connectivity index (χ4v) is 4.71. The smallest absolute Gasteiger partial charge is 0.220 e. The minimum Gasteiger partial charge on any atom is -0.496 e. The third-order valence-corrected chi connectivity index (χ3v) is 6.38. The van der Waals surface area contributed by atoms with E-state index in [4.69, 9.17) is 9.47 Å². The van der Waals surface area contributed by atoms with Gasteiger partial charge in [0.2, 0.25) is 11.8 Å². The lowest BCUT2D eigenvalue weighted by molar-refractivity contribution is -0.123. The molecule has 1 atom stereocenters. The lowest BCUT2D eigenvalue weighted by Crippen LogP contribution is -2.45. The molecule has 2 N–H and O–H groups in total. The first-order valence-electron chi connectivity index (χ1n) is 10.8. The first-order valence-corrected chi connectivity index (χ1v) is 10.8. The molecule has 0 radical (unpaired) electrons. The molecule has 2 aliphatic heterocycles. The maximum atomic E-state index is 12.6. The average molecular weight is 411 g/mol. The number of nitrogens with one attached hydrogen (secondary N) is 2. The van der Waals surface area contributed by atoms with Gasteiger partial charge < -0.3 is 20.1 Å². The number of carbonyl (C=O) groups excluding carboxylic acids is 2. The first-order chi connectivity index (χ1) is 14.6. The normalized spacial score (nSPS) is 22.1. The first kappa shape index (κ1) is 20.7. The highest BCUT2D eigenvalue weighted by Crippen LogP contribution is 2.34. The van der Waals surface area contributed by atoms with Crippen molar-refractivity contribution in [2.24, 2.45) is 0 Å². The van der Waals surface area contributed by atoms with Crippen molar-refractivity contribution in [1.82, 2.24) is 10.6 Å². The molecule has 2 heterocycles. The topological polar surface area (TPSA) is 76.7 Å². The minimum atomic E-state index is -0.387. The molecule has 2 aromatic rings. The van der Waals surface area contributed by atoms with E-state index in [1.54, 1.807) is 7.11 Å². The highest BCUT2D eigenvalue weighted by atomic mass is 16.5. The van der Waals surface area contributed by atoms with Crippen LogP contribution in [0.3, 0.4) is 0 Å². The lowest BCUT2D eigenvalue weighted by Gasteiger charge is -2.30. The van der Waals surface area contributed by atoms with Crippen molar-refractivity contribution in [3.05, 3.63) is 42.0 Å². The lowest BCUT2D eigenvalue weighted by atomic mass is 9.83. The quantitative estimate of drug-likeness (QED) is 0.735. The fraction of sp³-hybridized carbons (Fsp3) is 0.500. The third-order valence-electron chi connectivity index (χ3n) is 6.38. The highest BCUT2D eigenvalue weighted by molar-refractivity contribution is 5.91. The van der Waals surface area contributed by atoms with Crippen LogP contribution in [0.4, 0.5) is 0 Å². The molecule has 2 saturated heterocycles. The van der Waals surface area contributed by atoms with Gasteiger partial charge in [-0.05, 0) is 49.1 Å². The molecule has 0 aliphatic carbocycles. The van der Waals surface area contributed by atoms with Gasteiger partial charge >= 0.3 is 0 Å². The Kier molecular flexibility index (Phi) is 6.23. The van der Waals surface area contributed by atoms with E-state index in [1.807, 2.05) is 18.2 Å². The van der Waals surface area contributed by atoms with Crippen LogP contribution in [0.15, 0.2) is 36.4 Å². The molecular weight excluding hydrogens is 380 g/mol. The van der Waals surface area contributed by atoms with E-state index in [0.29, 0.717) is 38.9 Å². The van der Waals surface area contributed by atoms with Gasteiger partial charge in [-0.15, -0.1) is 0 Å². The van der Waals surface area contributed by atoms with E-state index in [9.17, 15) is 9.59 Å². The molecular formula is C24H30N2O4. The van der Waals surface area contributed by atoms with E-state index in [1.165, 1.54) is 5.56 Å². The van der Waals surface area contributed by atoms with Crippen LogP contribution in [0.5, 0.6) is 5.75 Å². The minimum absolute atomic E-state index is 0.0574. The summed E-state index contributed by atoms with van der Waals surface area (Å²) in [6.07, 6.45) is 4.73. The van der Waals surface area contributed by atoms with Crippen LogP contribution in [0.1, 0.15) is 44.1 Å². The number of amides is 2. The average Bonchev–Trinajstić information content (AvgIpc) is 3.14. The van der Waals surface area contributed by atoms with Crippen LogP contribution in [-0.2, 0) is 20.7 Å².